The normalized spacial score (nSPS) is 17.0. The van der Waals surface area contributed by atoms with E-state index < -0.39 is 11.9 Å². The van der Waals surface area contributed by atoms with Gasteiger partial charge in [0, 0.05) is 33.9 Å². The van der Waals surface area contributed by atoms with Crippen LogP contribution in [0.1, 0.15) is 12.1 Å². The molecule has 4 heterocycles. The topological polar surface area (TPSA) is 152 Å². The number of rotatable bonds is 10. The second kappa shape index (κ2) is 12.1. The number of nitrogen functional groups attached to an aromatic ring is 1. The van der Waals surface area contributed by atoms with Crippen LogP contribution >= 0.6 is 34.9 Å². The maximum Gasteiger partial charge on any atom is 0.379 e. The summed E-state index contributed by atoms with van der Waals surface area (Å²) in [5.41, 5.74) is 11.7. The minimum atomic E-state index is -0.851. The number of β-lactam (4-membered cyclic amide) rings is 1. The minimum Gasteiger partial charge on any atom is -0.398 e. The van der Waals surface area contributed by atoms with Crippen molar-refractivity contribution >= 4 is 63.5 Å². The van der Waals surface area contributed by atoms with Crippen LogP contribution in [0.2, 0.25) is 0 Å². The predicted octanol–water partition coefficient (Wildman–Crippen LogP) is 1.02. The van der Waals surface area contributed by atoms with Crippen molar-refractivity contribution in [3.8, 4) is 0 Å². The molecule has 2 aliphatic rings. The van der Waals surface area contributed by atoms with Crippen LogP contribution in [0.5, 0.6) is 0 Å². The number of carbonyl (C=O) groups is 3. The molecular weight excluding hydrogens is 538 g/mol. The van der Waals surface area contributed by atoms with Crippen LogP contribution in [-0.2, 0) is 24.1 Å². The van der Waals surface area contributed by atoms with E-state index in [4.69, 9.17) is 15.4 Å². The number of fused-ring (bicyclic) bond motifs is 1. The number of nitrogens with two attached hydrogens (primary N) is 1. The molecule has 0 radical (unpaired) electrons. The molecule has 0 bridgehead atoms. The third kappa shape index (κ3) is 6.23. The number of nitrogens with one attached hydrogen (secondary N) is 2. The van der Waals surface area contributed by atoms with Crippen molar-refractivity contribution in [2.75, 3.05) is 36.3 Å². The van der Waals surface area contributed by atoms with E-state index in [2.05, 4.69) is 27.6 Å². The highest BCUT2D eigenvalue weighted by atomic mass is 32.2. The first-order valence-electron chi connectivity index (χ1n) is 10.9. The molecule has 0 spiro atoms. The molecule has 0 aromatic carbocycles. The average Bonchev–Trinajstić information content (AvgIpc) is 3.33. The summed E-state index contributed by atoms with van der Waals surface area (Å²) < 4.78 is 1.82. The Balaban J connectivity index is 1.46. The Morgan fingerprint density at radius 3 is 2.86 bits per heavy atom. The number of anilines is 1. The molecule has 2 amide bonds. The van der Waals surface area contributed by atoms with Gasteiger partial charge in [-0.2, -0.15) is 10.9 Å². The molecule has 0 saturated carbocycles. The first-order chi connectivity index (χ1) is 17.9. The van der Waals surface area contributed by atoms with Gasteiger partial charge >= 0.3 is 11.9 Å². The number of hydrogen-bond donors (Lipinski definition) is 3. The Labute approximate surface area is 224 Å². The summed E-state index contributed by atoms with van der Waals surface area (Å²) >= 11 is 4.23. The Hall–Kier alpha value is -3.56. The molecule has 15 heteroatoms. The summed E-state index contributed by atoms with van der Waals surface area (Å²) in [6, 6.07) is 3.88. The van der Waals surface area contributed by atoms with E-state index in [1.54, 1.807) is 17.8 Å². The van der Waals surface area contributed by atoms with Crippen molar-refractivity contribution in [1.29, 1.82) is 0 Å². The van der Waals surface area contributed by atoms with Crippen LogP contribution in [0.3, 0.4) is 0 Å². The zero-order valence-corrected chi connectivity index (χ0v) is 22.2. The Bertz CT molecular complexity index is 1260. The molecule has 37 heavy (non-hydrogen) atoms. The van der Waals surface area contributed by atoms with Gasteiger partial charge in [0.15, 0.2) is 10.8 Å². The van der Waals surface area contributed by atoms with Crippen LogP contribution < -0.4 is 21.3 Å². The number of hydrogen-bond acceptors (Lipinski definition) is 12. The highest BCUT2D eigenvalue weighted by Crippen LogP contribution is 2.41. The van der Waals surface area contributed by atoms with E-state index in [0.717, 1.165) is 21.8 Å². The number of nitrogens with zero attached hydrogens (tertiary/aromatic N) is 4. The molecule has 4 N–H and O–H groups in total. The summed E-state index contributed by atoms with van der Waals surface area (Å²) in [6.45, 7) is 4.31. The van der Waals surface area contributed by atoms with Crippen LogP contribution in [0.4, 0.5) is 5.13 Å². The third-order valence-corrected chi connectivity index (χ3v) is 8.20. The second-order valence-corrected chi connectivity index (χ2v) is 10.7. The largest absolute Gasteiger partial charge is 0.398 e. The fourth-order valence-corrected chi connectivity index (χ4v) is 6.25. The fourth-order valence-electron chi connectivity index (χ4n) is 3.41. The van der Waals surface area contributed by atoms with Gasteiger partial charge in [0.1, 0.15) is 18.5 Å². The molecule has 4 rings (SSSR count). The van der Waals surface area contributed by atoms with E-state index in [0.29, 0.717) is 24.5 Å². The second-order valence-electron chi connectivity index (χ2n) is 7.58. The molecule has 2 aliphatic heterocycles. The van der Waals surface area contributed by atoms with Gasteiger partial charge in [0.2, 0.25) is 18.3 Å². The molecule has 0 aliphatic carbocycles. The predicted molar refractivity (Wildman–Crippen MR) is 141 cm³/mol. The lowest BCUT2D eigenvalue weighted by Crippen LogP contribution is -2.54. The smallest absolute Gasteiger partial charge is 0.379 e. The van der Waals surface area contributed by atoms with Gasteiger partial charge in [-0.3, -0.25) is 14.5 Å². The Morgan fingerprint density at radius 2 is 2.22 bits per heavy atom. The molecule has 1 atom stereocenters. The highest BCUT2D eigenvalue weighted by Gasteiger charge is 2.46. The number of thiazole rings is 1. The number of thioether (sulfide) groups is 2. The number of oxime groups is 1. The van der Waals surface area contributed by atoms with Gasteiger partial charge in [0.25, 0.3) is 0 Å². The van der Waals surface area contributed by atoms with Gasteiger partial charge in [-0.05, 0) is 5.57 Å². The molecule has 1 saturated heterocycles. The SMILES string of the molecule is C=CCN[n+]1ccc(SCC2=C(C(=O)ONC(=O)/C(=N\OC)c3csc(N)n3)N3C(=O)C[C@@H]3SC2)cc1. The summed E-state index contributed by atoms with van der Waals surface area (Å²) in [6.07, 6.45) is 5.87. The number of pyridine rings is 1. The number of amides is 2. The van der Waals surface area contributed by atoms with Gasteiger partial charge in [-0.25, -0.2) is 9.78 Å². The van der Waals surface area contributed by atoms with Crippen LogP contribution in [0.15, 0.2) is 63.9 Å². The molecule has 2 aromatic heterocycles. The van der Waals surface area contributed by atoms with Crippen molar-refractivity contribution in [3.05, 3.63) is 59.5 Å². The third-order valence-electron chi connectivity index (χ3n) is 5.15. The lowest BCUT2D eigenvalue weighted by Gasteiger charge is -2.44. The summed E-state index contributed by atoms with van der Waals surface area (Å²) in [5.74, 6) is -0.845. The summed E-state index contributed by atoms with van der Waals surface area (Å²) in [7, 11) is 1.27. The van der Waals surface area contributed by atoms with E-state index >= 15 is 0 Å². The lowest BCUT2D eigenvalue weighted by molar-refractivity contribution is -0.649. The van der Waals surface area contributed by atoms with E-state index in [1.165, 1.54) is 29.2 Å². The maximum atomic E-state index is 13.1. The molecular formula is C22H24N7O5S3+. The highest BCUT2D eigenvalue weighted by molar-refractivity contribution is 8.01. The van der Waals surface area contributed by atoms with Crippen molar-refractivity contribution in [2.45, 2.75) is 16.7 Å². The molecule has 12 nitrogen and oxygen atoms in total. The number of aromatic nitrogens is 2. The van der Waals surface area contributed by atoms with Crippen molar-refractivity contribution in [2.24, 2.45) is 5.16 Å². The van der Waals surface area contributed by atoms with Gasteiger partial charge in [0.05, 0.1) is 18.3 Å². The first-order valence-corrected chi connectivity index (χ1v) is 13.8. The zero-order valence-electron chi connectivity index (χ0n) is 19.7. The summed E-state index contributed by atoms with van der Waals surface area (Å²) in [5, 5.41) is 5.28. The quantitative estimate of drug-likeness (QED) is 0.0956. The monoisotopic (exact) mass is 562 g/mol. The Morgan fingerprint density at radius 1 is 1.43 bits per heavy atom. The van der Waals surface area contributed by atoms with Crippen molar-refractivity contribution < 1.29 is 28.7 Å². The maximum absolute atomic E-state index is 13.1. The summed E-state index contributed by atoms with van der Waals surface area (Å²) in [4.78, 5) is 54.3. The van der Waals surface area contributed by atoms with Gasteiger partial charge in [-0.1, -0.05) is 15.9 Å². The van der Waals surface area contributed by atoms with Crippen LogP contribution in [0, 0.1) is 0 Å². The lowest BCUT2D eigenvalue weighted by atomic mass is 10.1. The standard InChI is InChI=1S/C22H23N7O5S3/c1-3-6-24-28-7-4-14(5-8-28)35-10-13-11-36-17-9-16(30)29(17)19(13)21(32)34-27-20(31)18(26-33-2)15-12-37-22(23)25-15/h3-5,7-8,12,17,24H,1,6,9-11H2,2H3,(H2-,23,25,27,31)/p+1/b26-18-/t17-/m0/s1. The Kier molecular flexibility index (Phi) is 8.68. The van der Waals surface area contributed by atoms with Crippen LogP contribution in [0.25, 0.3) is 0 Å². The molecule has 194 valence electrons. The minimum absolute atomic E-state index is 0.130. The zero-order chi connectivity index (χ0) is 26.4. The van der Waals surface area contributed by atoms with Crippen LogP contribution in [-0.4, -0.2) is 63.9 Å². The van der Waals surface area contributed by atoms with Gasteiger partial charge in [-0.15, -0.1) is 41.4 Å². The first kappa shape index (κ1) is 26.5. The molecule has 0 unspecified atom stereocenters. The fraction of sp³-hybridized carbons (Fsp3) is 0.273. The molecule has 2 aromatic rings. The number of hydroxylamine groups is 1. The van der Waals surface area contributed by atoms with Gasteiger partial charge < -0.3 is 15.4 Å². The molecule has 1 fully saturated rings. The van der Waals surface area contributed by atoms with Crippen molar-refractivity contribution in [1.82, 2.24) is 15.4 Å². The average molecular weight is 563 g/mol. The van der Waals surface area contributed by atoms with E-state index in [1.807, 2.05) is 29.2 Å². The van der Waals surface area contributed by atoms with E-state index in [9.17, 15) is 14.4 Å². The van der Waals surface area contributed by atoms with Crippen molar-refractivity contribution in [3.63, 3.8) is 0 Å². The number of carbonyl (C=O) groups excluding carboxylic acids is 3. The van der Waals surface area contributed by atoms with E-state index in [-0.39, 0.29) is 33.5 Å².